The molecule has 0 amide bonds. The average Bonchev–Trinajstić information content (AvgIpc) is 2.16. The molecule has 0 saturated carbocycles. The molecule has 1 nitrogen and oxygen atoms in total. The Morgan fingerprint density at radius 1 is 1.06 bits per heavy atom. The van der Waals surface area contributed by atoms with E-state index in [2.05, 4.69) is 73.2 Å². The fourth-order valence-corrected chi connectivity index (χ4v) is 2.31. The molecule has 1 rings (SSSR count). The highest BCUT2D eigenvalue weighted by atomic mass is 79.9. The highest BCUT2D eigenvalue weighted by Crippen LogP contribution is 2.18. The average molecular weight is 284 g/mol. The fraction of sp³-hybridized carbons (Fsp3) is 0.571. The maximum atomic E-state index is 3.63. The van der Waals surface area contributed by atoms with Crippen LogP contribution in [-0.2, 0) is 0 Å². The van der Waals surface area contributed by atoms with E-state index < -0.39 is 0 Å². The smallest absolute Gasteiger partial charge is 0.0294 e. The maximum Gasteiger partial charge on any atom is 0.0294 e. The van der Waals surface area contributed by atoms with Crippen LogP contribution in [0.4, 0.5) is 0 Å². The quantitative estimate of drug-likeness (QED) is 0.837. The van der Waals surface area contributed by atoms with Crippen molar-refractivity contribution in [1.29, 1.82) is 0 Å². The van der Waals surface area contributed by atoms with Crippen molar-refractivity contribution in [3.8, 4) is 0 Å². The molecule has 0 bridgehead atoms. The van der Waals surface area contributed by atoms with Crippen molar-refractivity contribution < 1.29 is 0 Å². The lowest BCUT2D eigenvalue weighted by Gasteiger charge is -2.21. The molecular formula is C14H22BrN. The van der Waals surface area contributed by atoms with Gasteiger partial charge in [0.15, 0.2) is 0 Å². The molecule has 0 radical (unpaired) electrons. The molecule has 2 heteroatoms. The van der Waals surface area contributed by atoms with Crippen LogP contribution in [0.2, 0.25) is 0 Å². The van der Waals surface area contributed by atoms with Gasteiger partial charge in [0, 0.05) is 16.6 Å². The van der Waals surface area contributed by atoms with E-state index in [1.54, 1.807) is 0 Å². The molecule has 0 aliphatic heterocycles. The Kier molecular flexibility index (Phi) is 5.50. The van der Waals surface area contributed by atoms with Gasteiger partial charge in [-0.05, 0) is 43.9 Å². The van der Waals surface area contributed by atoms with Crippen molar-refractivity contribution in [1.82, 2.24) is 5.32 Å². The molecule has 0 aliphatic carbocycles. The van der Waals surface area contributed by atoms with Crippen LogP contribution in [0.5, 0.6) is 0 Å². The van der Waals surface area contributed by atoms with E-state index in [1.807, 2.05) is 0 Å². The Morgan fingerprint density at radius 3 is 2.12 bits per heavy atom. The van der Waals surface area contributed by atoms with Crippen LogP contribution in [0.15, 0.2) is 28.7 Å². The van der Waals surface area contributed by atoms with Crippen molar-refractivity contribution >= 4 is 15.9 Å². The second-order valence-corrected chi connectivity index (χ2v) is 5.89. The molecule has 0 spiro atoms. The normalized spacial score (nSPS) is 15.1. The molecule has 0 heterocycles. The minimum atomic E-state index is 0.418. The summed E-state index contributed by atoms with van der Waals surface area (Å²) in [6, 6.07) is 9.52. The first-order chi connectivity index (χ1) is 7.49. The minimum Gasteiger partial charge on any atom is -0.308 e. The lowest BCUT2D eigenvalue weighted by Crippen LogP contribution is -2.30. The largest absolute Gasteiger partial charge is 0.308 e. The summed E-state index contributed by atoms with van der Waals surface area (Å²) in [7, 11) is 0. The van der Waals surface area contributed by atoms with E-state index >= 15 is 0 Å². The molecule has 90 valence electrons. The van der Waals surface area contributed by atoms with Crippen molar-refractivity contribution in [2.24, 2.45) is 5.92 Å². The Labute approximate surface area is 108 Å². The summed E-state index contributed by atoms with van der Waals surface area (Å²) in [5.41, 5.74) is 1.35. The van der Waals surface area contributed by atoms with Crippen LogP contribution in [0.1, 0.15) is 45.7 Å². The van der Waals surface area contributed by atoms with Gasteiger partial charge in [0.05, 0.1) is 0 Å². The van der Waals surface area contributed by atoms with Gasteiger partial charge in [-0.1, -0.05) is 41.9 Å². The summed E-state index contributed by atoms with van der Waals surface area (Å²) in [4.78, 5) is 0. The number of hydrogen-bond donors (Lipinski definition) is 1. The molecular weight excluding hydrogens is 262 g/mol. The predicted octanol–water partition coefficient (Wildman–Crippen LogP) is 4.53. The predicted molar refractivity (Wildman–Crippen MR) is 74.6 cm³/mol. The van der Waals surface area contributed by atoms with Gasteiger partial charge >= 0.3 is 0 Å². The zero-order valence-electron chi connectivity index (χ0n) is 10.6. The summed E-state index contributed by atoms with van der Waals surface area (Å²) in [6.07, 6.45) is 1.22. The molecule has 2 unspecified atom stereocenters. The van der Waals surface area contributed by atoms with Crippen LogP contribution in [0.3, 0.4) is 0 Å². The summed E-state index contributed by atoms with van der Waals surface area (Å²) in [5, 5.41) is 3.63. The van der Waals surface area contributed by atoms with Crippen molar-refractivity contribution in [3.05, 3.63) is 34.3 Å². The second-order valence-electron chi connectivity index (χ2n) is 4.97. The monoisotopic (exact) mass is 283 g/mol. The number of benzene rings is 1. The van der Waals surface area contributed by atoms with Crippen LogP contribution in [-0.4, -0.2) is 6.04 Å². The topological polar surface area (TPSA) is 12.0 Å². The summed E-state index contributed by atoms with van der Waals surface area (Å²) in [5.74, 6) is 0.750. The van der Waals surface area contributed by atoms with Gasteiger partial charge in [-0.25, -0.2) is 0 Å². The first-order valence-corrected chi connectivity index (χ1v) is 6.80. The molecule has 1 aromatic rings. The third-order valence-corrected chi connectivity index (χ3v) is 3.26. The molecule has 0 saturated heterocycles. The van der Waals surface area contributed by atoms with Crippen LogP contribution in [0, 0.1) is 5.92 Å². The molecule has 0 fully saturated rings. The summed E-state index contributed by atoms with van der Waals surface area (Å²) in [6.45, 7) is 9.01. The number of rotatable bonds is 5. The van der Waals surface area contributed by atoms with E-state index in [0.717, 1.165) is 10.4 Å². The molecule has 0 aromatic heterocycles. The van der Waals surface area contributed by atoms with E-state index in [9.17, 15) is 0 Å². The molecule has 0 aliphatic rings. The van der Waals surface area contributed by atoms with E-state index in [-0.39, 0.29) is 0 Å². The van der Waals surface area contributed by atoms with Crippen LogP contribution in [0.25, 0.3) is 0 Å². The second kappa shape index (κ2) is 6.41. The lowest BCUT2D eigenvalue weighted by atomic mass is 10.0. The zero-order valence-corrected chi connectivity index (χ0v) is 12.2. The van der Waals surface area contributed by atoms with Crippen LogP contribution < -0.4 is 5.32 Å². The van der Waals surface area contributed by atoms with Gasteiger partial charge in [0.1, 0.15) is 0 Å². The van der Waals surface area contributed by atoms with Crippen molar-refractivity contribution in [3.63, 3.8) is 0 Å². The van der Waals surface area contributed by atoms with Gasteiger partial charge in [-0.2, -0.15) is 0 Å². The Hall–Kier alpha value is -0.340. The van der Waals surface area contributed by atoms with Gasteiger partial charge in [-0.15, -0.1) is 0 Å². The zero-order chi connectivity index (χ0) is 12.1. The Balaban J connectivity index is 2.51. The summed E-state index contributed by atoms with van der Waals surface area (Å²) >= 11 is 3.46. The highest BCUT2D eigenvalue weighted by Gasteiger charge is 2.10. The highest BCUT2D eigenvalue weighted by molar-refractivity contribution is 9.10. The Bertz CT molecular complexity index is 305. The Morgan fingerprint density at radius 2 is 1.62 bits per heavy atom. The molecule has 16 heavy (non-hydrogen) atoms. The van der Waals surface area contributed by atoms with Gasteiger partial charge < -0.3 is 5.32 Å². The standard InChI is InChI=1S/C14H22BrN/c1-10(2)9-11(3)16-12(4)13-5-7-14(15)8-6-13/h5-8,10-12,16H,9H2,1-4H3. The van der Waals surface area contributed by atoms with Gasteiger partial charge in [0.25, 0.3) is 0 Å². The number of hydrogen-bond acceptors (Lipinski definition) is 1. The van der Waals surface area contributed by atoms with E-state index in [1.165, 1.54) is 12.0 Å². The van der Waals surface area contributed by atoms with Crippen molar-refractivity contribution in [2.75, 3.05) is 0 Å². The minimum absolute atomic E-state index is 0.418. The van der Waals surface area contributed by atoms with Gasteiger partial charge in [-0.3, -0.25) is 0 Å². The third kappa shape index (κ3) is 4.67. The van der Waals surface area contributed by atoms with E-state index in [4.69, 9.17) is 0 Å². The molecule has 1 N–H and O–H groups in total. The first kappa shape index (κ1) is 13.7. The number of nitrogens with one attached hydrogen (secondary N) is 1. The first-order valence-electron chi connectivity index (χ1n) is 6.00. The van der Waals surface area contributed by atoms with Crippen LogP contribution >= 0.6 is 15.9 Å². The SMILES string of the molecule is CC(C)CC(C)NC(C)c1ccc(Br)cc1. The maximum absolute atomic E-state index is 3.63. The van der Waals surface area contributed by atoms with Gasteiger partial charge in [0.2, 0.25) is 0 Å². The summed E-state index contributed by atoms with van der Waals surface area (Å²) < 4.78 is 1.14. The lowest BCUT2D eigenvalue weighted by molar-refractivity contribution is 0.407. The van der Waals surface area contributed by atoms with Crippen molar-refractivity contribution in [2.45, 2.75) is 46.2 Å². The van der Waals surface area contributed by atoms with E-state index in [0.29, 0.717) is 12.1 Å². The number of halogens is 1. The molecule has 1 aromatic carbocycles. The molecule has 2 atom stereocenters. The third-order valence-electron chi connectivity index (χ3n) is 2.73. The fourth-order valence-electron chi connectivity index (χ4n) is 2.05.